The molecule has 7 heteroatoms. The first-order valence-corrected chi connectivity index (χ1v) is 9.25. The van der Waals surface area contributed by atoms with Crippen molar-refractivity contribution in [1.82, 2.24) is 0 Å². The molecule has 148 valence electrons. The van der Waals surface area contributed by atoms with Gasteiger partial charge in [-0.05, 0) is 42.7 Å². The number of ether oxygens (including phenoxy) is 3. The van der Waals surface area contributed by atoms with Crippen molar-refractivity contribution in [2.45, 2.75) is 32.6 Å². The molecule has 2 N–H and O–H groups in total. The first kappa shape index (κ1) is 19.5. The van der Waals surface area contributed by atoms with Crippen LogP contribution in [0.3, 0.4) is 0 Å². The smallest absolute Gasteiger partial charge is 0.231 e. The van der Waals surface area contributed by atoms with E-state index in [4.69, 9.17) is 14.2 Å². The summed E-state index contributed by atoms with van der Waals surface area (Å²) in [5.41, 5.74) is 2.20. The molecule has 0 unspecified atom stereocenters. The van der Waals surface area contributed by atoms with E-state index in [1.165, 1.54) is 7.11 Å². The third-order valence-corrected chi connectivity index (χ3v) is 4.31. The third-order valence-electron chi connectivity index (χ3n) is 4.31. The van der Waals surface area contributed by atoms with Gasteiger partial charge in [0.2, 0.25) is 18.6 Å². The molecule has 0 saturated heterocycles. The quantitative estimate of drug-likeness (QED) is 0.724. The molecular weight excluding hydrogens is 360 g/mol. The number of aryl methyl sites for hydroxylation is 1. The Labute approximate surface area is 164 Å². The molecule has 1 aliphatic heterocycles. The van der Waals surface area contributed by atoms with Gasteiger partial charge < -0.3 is 24.8 Å². The van der Waals surface area contributed by atoms with Crippen molar-refractivity contribution in [1.29, 1.82) is 0 Å². The van der Waals surface area contributed by atoms with Crippen LogP contribution in [0, 0.1) is 0 Å². The van der Waals surface area contributed by atoms with Crippen molar-refractivity contribution >= 4 is 23.2 Å². The summed E-state index contributed by atoms with van der Waals surface area (Å²) in [7, 11) is 1.52. The number of anilines is 2. The second-order valence-electron chi connectivity index (χ2n) is 6.45. The standard InChI is InChI=1S/C21H24N2O5/c1-3-4-20(24)23-16-8-7-15(12-18(16)26-2)22-21(25)10-6-14-5-9-17-19(11-14)28-13-27-17/h5,7-9,11-12H,3-4,6,10,13H2,1-2H3,(H,22,25)(H,23,24). The molecule has 0 atom stereocenters. The number of benzene rings is 2. The van der Waals surface area contributed by atoms with Crippen LogP contribution in [0.5, 0.6) is 17.2 Å². The molecule has 0 bridgehead atoms. The molecule has 1 aliphatic rings. The van der Waals surface area contributed by atoms with E-state index in [1.54, 1.807) is 18.2 Å². The predicted molar refractivity (Wildman–Crippen MR) is 106 cm³/mol. The Morgan fingerprint density at radius 3 is 2.57 bits per heavy atom. The molecule has 28 heavy (non-hydrogen) atoms. The molecule has 1 heterocycles. The second-order valence-corrected chi connectivity index (χ2v) is 6.45. The predicted octanol–water partition coefficient (Wildman–Crippen LogP) is 3.73. The maximum Gasteiger partial charge on any atom is 0.231 e. The summed E-state index contributed by atoms with van der Waals surface area (Å²) in [6.45, 7) is 2.18. The van der Waals surface area contributed by atoms with Crippen LogP contribution >= 0.6 is 0 Å². The number of amides is 2. The lowest BCUT2D eigenvalue weighted by atomic mass is 10.1. The first-order chi connectivity index (χ1) is 13.6. The van der Waals surface area contributed by atoms with Crippen LogP contribution in [0.25, 0.3) is 0 Å². The topological polar surface area (TPSA) is 85.9 Å². The van der Waals surface area contributed by atoms with Gasteiger partial charge in [-0.3, -0.25) is 9.59 Å². The van der Waals surface area contributed by atoms with Gasteiger partial charge in [0.15, 0.2) is 11.5 Å². The van der Waals surface area contributed by atoms with Gasteiger partial charge in [-0.2, -0.15) is 0 Å². The van der Waals surface area contributed by atoms with Crippen LogP contribution in [0.15, 0.2) is 36.4 Å². The summed E-state index contributed by atoms with van der Waals surface area (Å²) < 4.78 is 16.0. The lowest BCUT2D eigenvalue weighted by molar-refractivity contribution is -0.117. The van der Waals surface area contributed by atoms with E-state index in [0.29, 0.717) is 42.1 Å². The number of hydrogen-bond donors (Lipinski definition) is 2. The monoisotopic (exact) mass is 384 g/mol. The zero-order valence-corrected chi connectivity index (χ0v) is 16.0. The van der Waals surface area contributed by atoms with Crippen molar-refractivity contribution < 1.29 is 23.8 Å². The fraction of sp³-hybridized carbons (Fsp3) is 0.333. The Hall–Kier alpha value is -3.22. The third kappa shape index (κ3) is 4.94. The minimum absolute atomic E-state index is 0.0682. The largest absolute Gasteiger partial charge is 0.494 e. The highest BCUT2D eigenvalue weighted by molar-refractivity contribution is 5.94. The van der Waals surface area contributed by atoms with Crippen LogP contribution in [0.2, 0.25) is 0 Å². The molecule has 2 aromatic rings. The maximum atomic E-state index is 12.3. The van der Waals surface area contributed by atoms with Gasteiger partial charge in [-0.1, -0.05) is 13.0 Å². The summed E-state index contributed by atoms with van der Waals surface area (Å²) in [6, 6.07) is 10.8. The van der Waals surface area contributed by atoms with Gasteiger partial charge in [0.1, 0.15) is 5.75 Å². The SMILES string of the molecule is CCCC(=O)Nc1ccc(NC(=O)CCc2ccc3c(c2)OCO3)cc1OC. The molecule has 0 spiro atoms. The highest BCUT2D eigenvalue weighted by Gasteiger charge is 2.14. The van der Waals surface area contributed by atoms with Gasteiger partial charge in [-0.15, -0.1) is 0 Å². The van der Waals surface area contributed by atoms with Gasteiger partial charge in [0.25, 0.3) is 0 Å². The summed E-state index contributed by atoms with van der Waals surface area (Å²) in [4.78, 5) is 24.1. The van der Waals surface area contributed by atoms with Gasteiger partial charge in [0, 0.05) is 24.6 Å². The molecule has 2 amide bonds. The zero-order chi connectivity index (χ0) is 19.9. The number of carbonyl (C=O) groups is 2. The minimum Gasteiger partial charge on any atom is -0.494 e. The molecule has 0 aromatic heterocycles. The number of nitrogens with one attached hydrogen (secondary N) is 2. The van der Waals surface area contributed by atoms with E-state index in [1.807, 2.05) is 25.1 Å². The van der Waals surface area contributed by atoms with Crippen molar-refractivity contribution in [2.75, 3.05) is 24.5 Å². The molecule has 0 fully saturated rings. The first-order valence-electron chi connectivity index (χ1n) is 9.25. The van der Waals surface area contributed by atoms with E-state index in [2.05, 4.69) is 10.6 Å². The van der Waals surface area contributed by atoms with Crippen LogP contribution in [0.4, 0.5) is 11.4 Å². The summed E-state index contributed by atoms with van der Waals surface area (Å²) in [6.07, 6.45) is 2.13. The lowest BCUT2D eigenvalue weighted by Gasteiger charge is -2.12. The Morgan fingerprint density at radius 1 is 1.00 bits per heavy atom. The minimum atomic E-state index is -0.109. The van der Waals surface area contributed by atoms with Gasteiger partial charge >= 0.3 is 0 Å². The molecule has 0 aliphatic carbocycles. The van der Waals surface area contributed by atoms with E-state index < -0.39 is 0 Å². The Bertz CT molecular complexity index is 866. The number of rotatable bonds is 8. The van der Waals surface area contributed by atoms with Crippen molar-refractivity contribution in [2.24, 2.45) is 0 Å². The number of methoxy groups -OCH3 is 1. The zero-order valence-electron chi connectivity index (χ0n) is 16.0. The highest BCUT2D eigenvalue weighted by Crippen LogP contribution is 2.33. The second kappa shape index (κ2) is 9.12. The van der Waals surface area contributed by atoms with Crippen molar-refractivity contribution in [3.8, 4) is 17.2 Å². The summed E-state index contributed by atoms with van der Waals surface area (Å²) in [5.74, 6) is 1.76. The lowest BCUT2D eigenvalue weighted by Crippen LogP contribution is -2.14. The van der Waals surface area contributed by atoms with E-state index >= 15 is 0 Å². The van der Waals surface area contributed by atoms with E-state index in [0.717, 1.165) is 17.7 Å². The molecule has 7 nitrogen and oxygen atoms in total. The van der Waals surface area contributed by atoms with Gasteiger partial charge in [-0.25, -0.2) is 0 Å². The Balaban J connectivity index is 1.56. The molecule has 2 aromatic carbocycles. The summed E-state index contributed by atoms with van der Waals surface area (Å²) in [5, 5.41) is 5.67. The van der Waals surface area contributed by atoms with Crippen LogP contribution in [-0.4, -0.2) is 25.7 Å². The number of hydrogen-bond acceptors (Lipinski definition) is 5. The molecule has 0 radical (unpaired) electrons. The van der Waals surface area contributed by atoms with Crippen molar-refractivity contribution in [3.05, 3.63) is 42.0 Å². The van der Waals surface area contributed by atoms with Crippen LogP contribution < -0.4 is 24.8 Å². The number of fused-ring (bicyclic) bond motifs is 1. The normalized spacial score (nSPS) is 11.8. The van der Waals surface area contributed by atoms with Crippen LogP contribution in [0.1, 0.15) is 31.7 Å². The highest BCUT2D eigenvalue weighted by atomic mass is 16.7. The fourth-order valence-corrected chi connectivity index (χ4v) is 2.89. The van der Waals surface area contributed by atoms with E-state index in [-0.39, 0.29) is 18.6 Å². The summed E-state index contributed by atoms with van der Waals surface area (Å²) >= 11 is 0. The fourth-order valence-electron chi connectivity index (χ4n) is 2.89. The average Bonchev–Trinajstić information content (AvgIpc) is 3.15. The van der Waals surface area contributed by atoms with Crippen LogP contribution in [-0.2, 0) is 16.0 Å². The maximum absolute atomic E-state index is 12.3. The Kier molecular flexibility index (Phi) is 6.37. The number of carbonyl (C=O) groups excluding carboxylic acids is 2. The molecular formula is C21H24N2O5. The molecule has 3 rings (SSSR count). The van der Waals surface area contributed by atoms with Gasteiger partial charge in [0.05, 0.1) is 12.8 Å². The van der Waals surface area contributed by atoms with E-state index in [9.17, 15) is 9.59 Å². The average molecular weight is 384 g/mol. The molecule has 0 saturated carbocycles. The Morgan fingerprint density at radius 2 is 1.79 bits per heavy atom. The van der Waals surface area contributed by atoms with Crippen molar-refractivity contribution in [3.63, 3.8) is 0 Å².